The Morgan fingerprint density at radius 1 is 1.38 bits per heavy atom. The first-order chi connectivity index (χ1) is 7.20. The Balaban J connectivity index is 3.20. The van der Waals surface area contributed by atoms with Crippen molar-refractivity contribution in [3.05, 3.63) is 26.6 Å². The monoisotopic (exact) mass is 307 g/mol. The van der Waals surface area contributed by atoms with Gasteiger partial charge in [0.25, 0.3) is 12.0 Å². The van der Waals surface area contributed by atoms with Crippen molar-refractivity contribution in [1.82, 2.24) is 4.98 Å². The van der Waals surface area contributed by atoms with Crippen LogP contribution in [0.3, 0.4) is 0 Å². The first-order valence-electron chi connectivity index (χ1n) is 3.67. The molecular formula is C7H3BrF5NO2. The molecule has 1 heterocycles. The van der Waals surface area contributed by atoms with Gasteiger partial charge >= 0.3 is 6.36 Å². The van der Waals surface area contributed by atoms with Gasteiger partial charge in [-0.2, -0.15) is 0 Å². The van der Waals surface area contributed by atoms with Crippen LogP contribution in [-0.2, 0) is 0 Å². The number of hydrogen-bond acceptors (Lipinski definition) is 2. The van der Waals surface area contributed by atoms with Gasteiger partial charge in [-0.25, -0.2) is 8.78 Å². The number of aromatic nitrogens is 1. The van der Waals surface area contributed by atoms with Gasteiger partial charge in [0.15, 0.2) is 5.75 Å². The van der Waals surface area contributed by atoms with Crippen molar-refractivity contribution in [2.75, 3.05) is 0 Å². The molecule has 0 spiro atoms. The van der Waals surface area contributed by atoms with Crippen LogP contribution < -0.4 is 10.3 Å². The minimum Gasteiger partial charge on any atom is -0.403 e. The zero-order valence-corrected chi connectivity index (χ0v) is 8.82. The molecule has 0 aliphatic heterocycles. The van der Waals surface area contributed by atoms with Crippen LogP contribution in [0, 0.1) is 0 Å². The summed E-state index contributed by atoms with van der Waals surface area (Å²) in [4.78, 5) is 12.7. The number of ether oxygens (including phenoxy) is 1. The summed E-state index contributed by atoms with van der Waals surface area (Å²) in [7, 11) is 0. The number of rotatable bonds is 2. The molecule has 1 aromatic rings. The molecule has 3 nitrogen and oxygen atoms in total. The number of pyridine rings is 1. The smallest absolute Gasteiger partial charge is 0.403 e. The quantitative estimate of drug-likeness (QED) is 0.674. The van der Waals surface area contributed by atoms with E-state index in [4.69, 9.17) is 0 Å². The van der Waals surface area contributed by atoms with E-state index in [-0.39, 0.29) is 0 Å². The van der Waals surface area contributed by atoms with Crippen molar-refractivity contribution in [1.29, 1.82) is 0 Å². The fourth-order valence-corrected chi connectivity index (χ4v) is 1.24. The highest BCUT2D eigenvalue weighted by Crippen LogP contribution is 2.30. The predicted octanol–water partition coefficient (Wildman–Crippen LogP) is 2.97. The van der Waals surface area contributed by atoms with Gasteiger partial charge in [-0.15, -0.1) is 13.2 Å². The second kappa shape index (κ2) is 4.40. The van der Waals surface area contributed by atoms with Crippen LogP contribution >= 0.6 is 15.9 Å². The van der Waals surface area contributed by atoms with E-state index in [1.165, 1.54) is 0 Å². The van der Waals surface area contributed by atoms with E-state index >= 15 is 0 Å². The predicted molar refractivity (Wildman–Crippen MR) is 46.4 cm³/mol. The number of H-pyrrole nitrogens is 1. The minimum absolute atomic E-state index is 0.334. The summed E-state index contributed by atoms with van der Waals surface area (Å²) in [6, 6.07) is 0.334. The number of nitrogens with one attached hydrogen (secondary N) is 1. The highest BCUT2D eigenvalue weighted by molar-refractivity contribution is 9.10. The maximum absolute atomic E-state index is 12.2. The van der Waals surface area contributed by atoms with Crippen LogP contribution in [0.25, 0.3) is 0 Å². The Morgan fingerprint density at radius 3 is 2.38 bits per heavy atom. The van der Waals surface area contributed by atoms with Crippen LogP contribution in [0.5, 0.6) is 5.75 Å². The highest BCUT2D eigenvalue weighted by atomic mass is 79.9. The molecule has 0 aromatic carbocycles. The van der Waals surface area contributed by atoms with E-state index < -0.39 is 34.3 Å². The maximum Gasteiger partial charge on any atom is 0.573 e. The number of alkyl halides is 5. The average molecular weight is 308 g/mol. The van der Waals surface area contributed by atoms with E-state index in [2.05, 4.69) is 20.7 Å². The van der Waals surface area contributed by atoms with E-state index in [1.807, 2.05) is 0 Å². The third-order valence-electron chi connectivity index (χ3n) is 1.45. The Hall–Kier alpha value is -1.12. The molecule has 0 unspecified atom stereocenters. The zero-order valence-electron chi connectivity index (χ0n) is 7.24. The van der Waals surface area contributed by atoms with E-state index in [0.717, 1.165) is 0 Å². The molecule has 0 saturated carbocycles. The van der Waals surface area contributed by atoms with Crippen molar-refractivity contribution in [2.24, 2.45) is 0 Å². The highest BCUT2D eigenvalue weighted by Gasteiger charge is 2.33. The van der Waals surface area contributed by atoms with Gasteiger partial charge in [0.1, 0.15) is 4.60 Å². The van der Waals surface area contributed by atoms with Crippen LogP contribution in [0.1, 0.15) is 12.0 Å². The van der Waals surface area contributed by atoms with E-state index in [1.54, 1.807) is 4.98 Å². The Morgan fingerprint density at radius 2 is 1.94 bits per heavy atom. The van der Waals surface area contributed by atoms with Gasteiger partial charge in [-0.05, 0) is 22.0 Å². The first kappa shape index (κ1) is 12.9. The zero-order chi connectivity index (χ0) is 12.5. The SMILES string of the molecule is O=c1[nH]c(Br)c(OC(F)(F)F)cc1C(F)F. The fraction of sp³-hybridized carbons (Fsp3) is 0.286. The lowest BCUT2D eigenvalue weighted by atomic mass is 10.3. The van der Waals surface area contributed by atoms with Gasteiger partial charge in [0.05, 0.1) is 5.56 Å². The molecule has 0 aliphatic carbocycles. The molecular weight excluding hydrogens is 305 g/mol. The van der Waals surface area contributed by atoms with Crippen molar-refractivity contribution in [2.45, 2.75) is 12.8 Å². The summed E-state index contributed by atoms with van der Waals surface area (Å²) in [5, 5.41) is 0. The maximum atomic E-state index is 12.2. The summed E-state index contributed by atoms with van der Waals surface area (Å²) >= 11 is 2.56. The Labute approximate surface area is 93.4 Å². The molecule has 0 radical (unpaired) electrons. The lowest BCUT2D eigenvalue weighted by Gasteiger charge is -2.11. The summed E-state index contributed by atoms with van der Waals surface area (Å²) < 4.78 is 62.9. The van der Waals surface area contributed by atoms with Crippen molar-refractivity contribution in [3.63, 3.8) is 0 Å². The molecule has 0 fully saturated rings. The minimum atomic E-state index is -5.03. The molecule has 0 bridgehead atoms. The Bertz CT molecular complexity index is 441. The topological polar surface area (TPSA) is 42.1 Å². The molecule has 0 atom stereocenters. The first-order valence-corrected chi connectivity index (χ1v) is 4.46. The Kier molecular flexibility index (Phi) is 3.56. The van der Waals surface area contributed by atoms with Gasteiger partial charge in [-0.3, -0.25) is 4.79 Å². The van der Waals surface area contributed by atoms with E-state index in [0.29, 0.717) is 6.07 Å². The van der Waals surface area contributed by atoms with Gasteiger partial charge in [0.2, 0.25) is 0 Å². The normalized spacial score (nSPS) is 11.9. The second-order valence-electron chi connectivity index (χ2n) is 2.58. The molecule has 16 heavy (non-hydrogen) atoms. The summed E-state index contributed by atoms with van der Waals surface area (Å²) in [6.45, 7) is 0. The summed E-state index contributed by atoms with van der Waals surface area (Å²) in [6.07, 6.45) is -8.22. The molecule has 0 saturated heterocycles. The van der Waals surface area contributed by atoms with Crippen LogP contribution in [0.15, 0.2) is 15.5 Å². The largest absolute Gasteiger partial charge is 0.573 e. The summed E-state index contributed by atoms with van der Waals surface area (Å²) in [5.41, 5.74) is -2.28. The van der Waals surface area contributed by atoms with Crippen LogP contribution in [-0.4, -0.2) is 11.3 Å². The van der Waals surface area contributed by atoms with Crippen LogP contribution in [0.4, 0.5) is 22.0 Å². The fourth-order valence-electron chi connectivity index (χ4n) is 0.865. The number of aromatic amines is 1. The molecule has 0 aliphatic rings. The number of halogens is 6. The van der Waals surface area contributed by atoms with Gasteiger partial charge in [0, 0.05) is 0 Å². The van der Waals surface area contributed by atoms with Gasteiger partial charge in [-0.1, -0.05) is 0 Å². The molecule has 0 amide bonds. The summed E-state index contributed by atoms with van der Waals surface area (Å²) in [5.74, 6) is -0.928. The molecule has 9 heteroatoms. The second-order valence-corrected chi connectivity index (χ2v) is 3.37. The van der Waals surface area contributed by atoms with Crippen molar-refractivity contribution in [3.8, 4) is 5.75 Å². The molecule has 1 rings (SSSR count). The number of hydrogen-bond donors (Lipinski definition) is 1. The lowest BCUT2D eigenvalue weighted by Crippen LogP contribution is -2.20. The third-order valence-corrected chi connectivity index (χ3v) is 2.04. The van der Waals surface area contributed by atoms with E-state index in [9.17, 15) is 26.7 Å². The third kappa shape index (κ3) is 3.19. The van der Waals surface area contributed by atoms with Crippen molar-refractivity contribution >= 4 is 15.9 Å². The molecule has 1 N–H and O–H groups in total. The lowest BCUT2D eigenvalue weighted by molar-refractivity contribution is -0.275. The average Bonchev–Trinajstić information content (AvgIpc) is 2.07. The van der Waals surface area contributed by atoms with Crippen molar-refractivity contribution < 1.29 is 26.7 Å². The van der Waals surface area contributed by atoms with Gasteiger partial charge < -0.3 is 9.72 Å². The molecule has 90 valence electrons. The van der Waals surface area contributed by atoms with Crippen LogP contribution in [0.2, 0.25) is 0 Å². The standard InChI is InChI=1S/C7H3BrF5NO2/c8-4-3(16-7(11,12)13)1-2(5(9)10)6(15)14-4/h1,5H,(H,14,15). The molecule has 1 aromatic heterocycles.